The molecule has 98 valence electrons. The van der Waals surface area contributed by atoms with Gasteiger partial charge in [0.25, 0.3) is 0 Å². The van der Waals surface area contributed by atoms with Gasteiger partial charge in [-0.3, -0.25) is 0 Å². The van der Waals surface area contributed by atoms with Crippen molar-refractivity contribution in [3.8, 4) is 0 Å². The molecule has 1 unspecified atom stereocenters. The quantitative estimate of drug-likeness (QED) is 0.859. The Hall–Kier alpha value is -1.34. The molecule has 2 aromatic rings. The van der Waals surface area contributed by atoms with Crippen LogP contribution >= 0.6 is 11.5 Å². The summed E-state index contributed by atoms with van der Waals surface area (Å²) in [7, 11) is 0. The number of hydrogen-bond donors (Lipinski definition) is 1. The SMILES string of the molecule is CCCc1nnsc1C(O)c1cnnn1CCC. The van der Waals surface area contributed by atoms with E-state index >= 15 is 0 Å². The van der Waals surface area contributed by atoms with Crippen LogP contribution < -0.4 is 0 Å². The average Bonchev–Trinajstić information content (AvgIpc) is 2.98. The molecule has 0 aliphatic carbocycles. The van der Waals surface area contributed by atoms with Crippen LogP contribution in [0, 0.1) is 0 Å². The third kappa shape index (κ3) is 2.56. The monoisotopic (exact) mass is 267 g/mol. The van der Waals surface area contributed by atoms with Gasteiger partial charge in [0.1, 0.15) is 6.10 Å². The van der Waals surface area contributed by atoms with Gasteiger partial charge in [0.2, 0.25) is 0 Å². The van der Waals surface area contributed by atoms with Gasteiger partial charge in [0.05, 0.1) is 22.5 Å². The summed E-state index contributed by atoms with van der Waals surface area (Å²) in [6, 6.07) is 0. The first-order valence-corrected chi connectivity index (χ1v) is 6.92. The molecule has 2 heterocycles. The van der Waals surface area contributed by atoms with Crippen LogP contribution in [-0.2, 0) is 13.0 Å². The molecule has 18 heavy (non-hydrogen) atoms. The highest BCUT2D eigenvalue weighted by Crippen LogP contribution is 2.27. The van der Waals surface area contributed by atoms with Gasteiger partial charge in [0, 0.05) is 6.54 Å². The fourth-order valence-electron chi connectivity index (χ4n) is 1.83. The lowest BCUT2D eigenvalue weighted by atomic mass is 10.1. The first kappa shape index (κ1) is 13.1. The van der Waals surface area contributed by atoms with Crippen LogP contribution in [0.15, 0.2) is 6.20 Å². The lowest BCUT2D eigenvalue weighted by molar-refractivity contribution is 0.209. The van der Waals surface area contributed by atoms with Gasteiger partial charge >= 0.3 is 0 Å². The smallest absolute Gasteiger partial charge is 0.135 e. The molecule has 0 fully saturated rings. The maximum absolute atomic E-state index is 10.4. The Kier molecular flexibility index (Phi) is 4.38. The van der Waals surface area contributed by atoms with Gasteiger partial charge in [-0.05, 0) is 24.4 Å². The van der Waals surface area contributed by atoms with E-state index in [9.17, 15) is 5.11 Å². The zero-order valence-corrected chi connectivity index (χ0v) is 11.4. The number of aliphatic hydroxyl groups excluding tert-OH is 1. The second-order valence-corrected chi connectivity index (χ2v) is 4.90. The van der Waals surface area contributed by atoms with Crippen LogP contribution in [0.4, 0.5) is 0 Å². The predicted octanol–water partition coefficient (Wildman–Crippen LogP) is 1.57. The topological polar surface area (TPSA) is 76.7 Å². The Morgan fingerprint density at radius 2 is 2.22 bits per heavy atom. The van der Waals surface area contributed by atoms with Gasteiger partial charge in [-0.15, -0.1) is 10.2 Å². The van der Waals surface area contributed by atoms with E-state index in [-0.39, 0.29) is 0 Å². The second-order valence-electron chi connectivity index (χ2n) is 4.12. The lowest BCUT2D eigenvalue weighted by Crippen LogP contribution is -2.10. The molecular weight excluding hydrogens is 250 g/mol. The fourth-order valence-corrected chi connectivity index (χ4v) is 2.53. The summed E-state index contributed by atoms with van der Waals surface area (Å²) < 4.78 is 5.67. The number of hydrogen-bond acceptors (Lipinski definition) is 6. The lowest BCUT2D eigenvalue weighted by Gasteiger charge is -2.10. The zero-order chi connectivity index (χ0) is 13.0. The van der Waals surface area contributed by atoms with Gasteiger partial charge in [0.15, 0.2) is 0 Å². The first-order valence-electron chi connectivity index (χ1n) is 6.15. The molecule has 2 aromatic heterocycles. The number of rotatable bonds is 6. The first-order chi connectivity index (χ1) is 8.77. The summed E-state index contributed by atoms with van der Waals surface area (Å²) in [6.07, 6.45) is 3.64. The Morgan fingerprint density at radius 1 is 1.39 bits per heavy atom. The Morgan fingerprint density at radius 3 is 2.94 bits per heavy atom. The number of aryl methyl sites for hydroxylation is 2. The fraction of sp³-hybridized carbons (Fsp3) is 0.636. The minimum Gasteiger partial charge on any atom is -0.381 e. The van der Waals surface area contributed by atoms with Gasteiger partial charge in [-0.1, -0.05) is 30.0 Å². The summed E-state index contributed by atoms with van der Waals surface area (Å²) in [6.45, 7) is 4.90. The Balaban J connectivity index is 2.26. The molecule has 0 aliphatic rings. The van der Waals surface area contributed by atoms with Gasteiger partial charge in [-0.25, -0.2) is 4.68 Å². The molecule has 0 bridgehead atoms. The van der Waals surface area contributed by atoms with E-state index in [4.69, 9.17) is 0 Å². The molecule has 1 atom stereocenters. The van der Waals surface area contributed by atoms with Crippen molar-refractivity contribution in [1.82, 2.24) is 24.6 Å². The maximum atomic E-state index is 10.4. The van der Waals surface area contributed by atoms with Crippen LogP contribution in [-0.4, -0.2) is 29.7 Å². The van der Waals surface area contributed by atoms with Crippen molar-refractivity contribution in [2.24, 2.45) is 0 Å². The predicted molar refractivity (Wildman–Crippen MR) is 68.3 cm³/mol. The zero-order valence-electron chi connectivity index (χ0n) is 10.6. The highest BCUT2D eigenvalue weighted by molar-refractivity contribution is 7.05. The molecule has 0 saturated heterocycles. The van der Waals surface area contributed by atoms with Crippen molar-refractivity contribution in [1.29, 1.82) is 0 Å². The molecule has 0 spiro atoms. The third-order valence-corrected chi connectivity index (χ3v) is 3.50. The molecule has 0 aliphatic heterocycles. The highest BCUT2D eigenvalue weighted by atomic mass is 32.1. The van der Waals surface area contributed by atoms with Crippen molar-refractivity contribution >= 4 is 11.5 Å². The van der Waals surface area contributed by atoms with Gasteiger partial charge < -0.3 is 5.11 Å². The maximum Gasteiger partial charge on any atom is 0.135 e. The van der Waals surface area contributed by atoms with Crippen molar-refractivity contribution in [3.05, 3.63) is 22.5 Å². The molecule has 0 aromatic carbocycles. The number of aromatic nitrogens is 5. The molecule has 1 N–H and O–H groups in total. The minimum atomic E-state index is -0.729. The largest absolute Gasteiger partial charge is 0.381 e. The molecule has 0 amide bonds. The summed E-state index contributed by atoms with van der Waals surface area (Å²) in [5.41, 5.74) is 1.58. The van der Waals surface area contributed by atoms with Crippen LogP contribution in [0.2, 0.25) is 0 Å². The summed E-state index contributed by atoms with van der Waals surface area (Å²) in [5, 5.41) is 22.3. The van der Waals surface area contributed by atoms with Crippen molar-refractivity contribution < 1.29 is 5.11 Å². The standard InChI is InChI=1S/C11H17N5OS/c1-3-5-8-11(18-15-13-8)10(17)9-7-12-14-16(9)6-4-2/h7,10,17H,3-6H2,1-2H3. The van der Waals surface area contributed by atoms with Crippen LogP contribution in [0.25, 0.3) is 0 Å². The molecule has 2 rings (SSSR count). The number of aliphatic hydroxyl groups is 1. The third-order valence-electron chi connectivity index (χ3n) is 2.68. The van der Waals surface area contributed by atoms with Crippen LogP contribution in [0.5, 0.6) is 0 Å². The molecule has 0 radical (unpaired) electrons. The van der Waals surface area contributed by atoms with Gasteiger partial charge in [-0.2, -0.15) is 0 Å². The Bertz CT molecular complexity index is 451. The molecule has 6 nitrogen and oxygen atoms in total. The average molecular weight is 267 g/mol. The second kappa shape index (κ2) is 6.01. The van der Waals surface area contributed by atoms with E-state index in [0.717, 1.165) is 36.4 Å². The van der Waals surface area contributed by atoms with Crippen molar-refractivity contribution in [2.75, 3.05) is 0 Å². The van der Waals surface area contributed by atoms with E-state index in [0.29, 0.717) is 5.69 Å². The van der Waals surface area contributed by atoms with E-state index in [2.05, 4.69) is 33.7 Å². The van der Waals surface area contributed by atoms with Crippen molar-refractivity contribution in [3.63, 3.8) is 0 Å². The van der Waals surface area contributed by atoms with Crippen molar-refractivity contribution in [2.45, 2.75) is 45.8 Å². The summed E-state index contributed by atoms with van der Waals surface area (Å²) >= 11 is 1.24. The summed E-state index contributed by atoms with van der Waals surface area (Å²) in [5.74, 6) is 0. The van der Waals surface area contributed by atoms with E-state index in [1.54, 1.807) is 10.9 Å². The normalized spacial score (nSPS) is 12.8. The highest BCUT2D eigenvalue weighted by Gasteiger charge is 2.22. The summed E-state index contributed by atoms with van der Waals surface area (Å²) in [4.78, 5) is 0.802. The Labute approximate surface area is 110 Å². The van der Waals surface area contributed by atoms with Crippen LogP contribution in [0.3, 0.4) is 0 Å². The van der Waals surface area contributed by atoms with E-state index < -0.39 is 6.10 Å². The van der Waals surface area contributed by atoms with E-state index in [1.165, 1.54) is 11.5 Å². The number of nitrogens with zero attached hydrogens (tertiary/aromatic N) is 5. The van der Waals surface area contributed by atoms with Crippen LogP contribution in [0.1, 0.15) is 49.1 Å². The molecular formula is C11H17N5OS. The van der Waals surface area contributed by atoms with E-state index in [1.807, 2.05) is 0 Å². The molecule has 7 heteroatoms. The molecule has 0 saturated carbocycles. The minimum absolute atomic E-state index is 0.709.